The summed E-state index contributed by atoms with van der Waals surface area (Å²) in [6.07, 6.45) is 3.59. The molecule has 0 amide bonds. The molecule has 2 saturated heterocycles. The molecule has 2 aromatic rings. The summed E-state index contributed by atoms with van der Waals surface area (Å²) in [5.74, 6) is -0.346. The molecule has 4 rings (SSSR count). The highest BCUT2D eigenvalue weighted by Crippen LogP contribution is 2.41. The number of fused-ring (bicyclic) bond motifs is 1. The molecule has 5 nitrogen and oxygen atoms in total. The number of nitrogens with zero attached hydrogens (tertiary/aromatic N) is 3. The number of aromatic nitrogens is 2. The molecule has 2 aromatic heterocycles. The summed E-state index contributed by atoms with van der Waals surface area (Å²) >= 11 is 0. The van der Waals surface area contributed by atoms with Crippen molar-refractivity contribution in [2.75, 3.05) is 26.3 Å². The highest BCUT2D eigenvalue weighted by molar-refractivity contribution is 5.14. The number of aryl methyl sites for hydroxylation is 1. The Bertz CT molecular complexity index is 772. The standard InChI is InChI=1S/C20H24FN3O2/c1-15-4-2-5-16(23-15)12-24-10-7-18-20(13-24,8-11-25-18)14-26-19-17(21)6-3-9-22-19/h2-6,9,18H,7-8,10-14H2,1H3/t18-,20-/m0/s1. The lowest BCUT2D eigenvalue weighted by atomic mass is 9.77. The number of pyridine rings is 2. The minimum Gasteiger partial charge on any atom is -0.475 e. The first-order valence-electron chi connectivity index (χ1n) is 9.14. The third kappa shape index (κ3) is 3.57. The third-order valence-corrected chi connectivity index (χ3v) is 5.40. The van der Waals surface area contributed by atoms with Gasteiger partial charge in [0.05, 0.1) is 18.4 Å². The van der Waals surface area contributed by atoms with Crippen LogP contribution in [0.5, 0.6) is 5.88 Å². The van der Waals surface area contributed by atoms with E-state index in [9.17, 15) is 4.39 Å². The Morgan fingerprint density at radius 1 is 1.35 bits per heavy atom. The Kier molecular flexibility index (Phi) is 4.87. The molecule has 2 fully saturated rings. The smallest absolute Gasteiger partial charge is 0.250 e. The zero-order chi connectivity index (χ0) is 18.0. The van der Waals surface area contributed by atoms with Crippen LogP contribution in [0.1, 0.15) is 24.2 Å². The minimum absolute atomic E-state index is 0.0741. The molecule has 2 aliphatic rings. The fourth-order valence-corrected chi connectivity index (χ4v) is 4.09. The Balaban J connectivity index is 1.46. The van der Waals surface area contributed by atoms with Gasteiger partial charge in [-0.15, -0.1) is 0 Å². The van der Waals surface area contributed by atoms with Crippen LogP contribution in [-0.4, -0.2) is 47.3 Å². The van der Waals surface area contributed by atoms with E-state index in [1.54, 1.807) is 12.3 Å². The molecule has 2 atom stereocenters. The van der Waals surface area contributed by atoms with Crippen molar-refractivity contribution in [3.63, 3.8) is 0 Å². The maximum absolute atomic E-state index is 13.8. The SMILES string of the molecule is Cc1cccc(CN2CC[C@@H]3OCC[C@@]3(COc3ncccc3F)C2)n1. The summed E-state index contributed by atoms with van der Waals surface area (Å²) in [4.78, 5) is 11.0. The molecule has 0 unspecified atom stereocenters. The van der Waals surface area contributed by atoms with Gasteiger partial charge >= 0.3 is 0 Å². The van der Waals surface area contributed by atoms with Gasteiger partial charge in [0.1, 0.15) is 0 Å². The van der Waals surface area contributed by atoms with E-state index < -0.39 is 5.82 Å². The number of halogens is 1. The van der Waals surface area contributed by atoms with E-state index in [2.05, 4.69) is 20.9 Å². The van der Waals surface area contributed by atoms with Gasteiger partial charge in [-0.1, -0.05) is 6.07 Å². The van der Waals surface area contributed by atoms with Gasteiger partial charge < -0.3 is 9.47 Å². The summed E-state index contributed by atoms with van der Waals surface area (Å²) in [7, 11) is 0. The maximum atomic E-state index is 13.8. The molecule has 6 heteroatoms. The van der Waals surface area contributed by atoms with Crippen LogP contribution in [0.2, 0.25) is 0 Å². The summed E-state index contributed by atoms with van der Waals surface area (Å²) < 4.78 is 25.6. The molecule has 0 aromatic carbocycles. The summed E-state index contributed by atoms with van der Waals surface area (Å²) in [5.41, 5.74) is 1.99. The van der Waals surface area contributed by atoms with Gasteiger partial charge in [0.2, 0.25) is 5.88 Å². The van der Waals surface area contributed by atoms with E-state index in [-0.39, 0.29) is 17.4 Å². The highest BCUT2D eigenvalue weighted by Gasteiger charge is 2.48. The molecular formula is C20H24FN3O2. The van der Waals surface area contributed by atoms with Crippen LogP contribution in [0.15, 0.2) is 36.5 Å². The van der Waals surface area contributed by atoms with E-state index in [1.165, 1.54) is 6.07 Å². The number of likely N-dealkylation sites (tertiary alicyclic amines) is 1. The fourth-order valence-electron chi connectivity index (χ4n) is 4.09. The Labute approximate surface area is 153 Å². The van der Waals surface area contributed by atoms with Gasteiger partial charge in [0, 0.05) is 43.5 Å². The lowest BCUT2D eigenvalue weighted by Gasteiger charge is -2.43. The monoisotopic (exact) mass is 357 g/mol. The van der Waals surface area contributed by atoms with Gasteiger partial charge in [-0.2, -0.15) is 0 Å². The molecule has 2 aliphatic heterocycles. The van der Waals surface area contributed by atoms with Crippen molar-refractivity contribution in [2.45, 2.75) is 32.4 Å². The van der Waals surface area contributed by atoms with Gasteiger partial charge in [-0.3, -0.25) is 9.88 Å². The molecule has 138 valence electrons. The zero-order valence-corrected chi connectivity index (χ0v) is 15.0. The average molecular weight is 357 g/mol. The van der Waals surface area contributed by atoms with Crippen molar-refractivity contribution < 1.29 is 13.9 Å². The van der Waals surface area contributed by atoms with Crippen LogP contribution >= 0.6 is 0 Å². The van der Waals surface area contributed by atoms with Crippen molar-refractivity contribution in [2.24, 2.45) is 5.41 Å². The van der Waals surface area contributed by atoms with Gasteiger partial charge in [-0.05, 0) is 44.0 Å². The topological polar surface area (TPSA) is 47.5 Å². The van der Waals surface area contributed by atoms with E-state index in [4.69, 9.17) is 9.47 Å². The maximum Gasteiger partial charge on any atom is 0.250 e. The van der Waals surface area contributed by atoms with Crippen LogP contribution in [0.3, 0.4) is 0 Å². The molecule has 0 aliphatic carbocycles. The highest BCUT2D eigenvalue weighted by atomic mass is 19.1. The van der Waals surface area contributed by atoms with Gasteiger partial charge in [0.15, 0.2) is 5.82 Å². The van der Waals surface area contributed by atoms with Crippen molar-refractivity contribution >= 4 is 0 Å². The van der Waals surface area contributed by atoms with E-state index in [0.717, 1.165) is 50.5 Å². The number of hydrogen-bond acceptors (Lipinski definition) is 5. The van der Waals surface area contributed by atoms with Crippen LogP contribution in [0.4, 0.5) is 4.39 Å². The third-order valence-electron chi connectivity index (χ3n) is 5.40. The average Bonchev–Trinajstić information content (AvgIpc) is 3.04. The Morgan fingerprint density at radius 3 is 3.12 bits per heavy atom. The second kappa shape index (κ2) is 7.29. The van der Waals surface area contributed by atoms with Crippen LogP contribution < -0.4 is 4.74 Å². The van der Waals surface area contributed by atoms with Crippen LogP contribution in [-0.2, 0) is 11.3 Å². The minimum atomic E-state index is -0.420. The van der Waals surface area contributed by atoms with E-state index >= 15 is 0 Å². The first-order chi connectivity index (χ1) is 12.6. The van der Waals surface area contributed by atoms with E-state index in [0.29, 0.717) is 6.61 Å². The molecular weight excluding hydrogens is 333 g/mol. The van der Waals surface area contributed by atoms with Crippen LogP contribution in [0, 0.1) is 18.2 Å². The number of hydrogen-bond donors (Lipinski definition) is 0. The van der Waals surface area contributed by atoms with Crippen molar-refractivity contribution in [3.8, 4) is 5.88 Å². The lowest BCUT2D eigenvalue weighted by molar-refractivity contribution is -0.0428. The quantitative estimate of drug-likeness (QED) is 0.823. The molecule has 26 heavy (non-hydrogen) atoms. The molecule has 0 saturated carbocycles. The second-order valence-electron chi connectivity index (χ2n) is 7.32. The summed E-state index contributed by atoms with van der Waals surface area (Å²) in [6, 6.07) is 9.07. The van der Waals surface area contributed by atoms with Crippen molar-refractivity contribution in [3.05, 3.63) is 53.7 Å². The van der Waals surface area contributed by atoms with Crippen molar-refractivity contribution in [1.29, 1.82) is 0 Å². The first-order valence-corrected chi connectivity index (χ1v) is 9.14. The lowest BCUT2D eigenvalue weighted by Crippen LogP contribution is -2.52. The van der Waals surface area contributed by atoms with Crippen molar-refractivity contribution in [1.82, 2.24) is 14.9 Å². The molecule has 0 N–H and O–H groups in total. The van der Waals surface area contributed by atoms with Gasteiger partial charge in [-0.25, -0.2) is 9.37 Å². The number of rotatable bonds is 5. The summed E-state index contributed by atoms with van der Waals surface area (Å²) in [6.45, 7) is 5.81. The molecule has 0 bridgehead atoms. The molecule has 4 heterocycles. The summed E-state index contributed by atoms with van der Waals surface area (Å²) in [5, 5.41) is 0. The first kappa shape index (κ1) is 17.4. The Hall–Kier alpha value is -2.05. The van der Waals surface area contributed by atoms with Gasteiger partial charge in [0.25, 0.3) is 0 Å². The normalized spacial score (nSPS) is 25.8. The fraction of sp³-hybridized carbons (Fsp3) is 0.500. The predicted molar refractivity (Wildman–Crippen MR) is 95.3 cm³/mol. The molecule has 0 spiro atoms. The number of piperidine rings is 1. The largest absolute Gasteiger partial charge is 0.475 e. The number of ether oxygens (including phenoxy) is 2. The van der Waals surface area contributed by atoms with E-state index in [1.807, 2.05) is 19.1 Å². The second-order valence-corrected chi connectivity index (χ2v) is 7.32. The zero-order valence-electron chi connectivity index (χ0n) is 15.0. The Morgan fingerprint density at radius 2 is 2.27 bits per heavy atom. The molecule has 0 radical (unpaired) electrons. The predicted octanol–water partition coefficient (Wildman–Crippen LogP) is 2.98. The van der Waals surface area contributed by atoms with Crippen LogP contribution in [0.25, 0.3) is 0 Å².